The predicted octanol–water partition coefficient (Wildman–Crippen LogP) is 19.8. The summed E-state index contributed by atoms with van der Waals surface area (Å²) < 4.78 is 21.9. The van der Waals surface area contributed by atoms with E-state index in [0.29, 0.717) is 8.27 Å². The van der Waals surface area contributed by atoms with E-state index in [0.717, 1.165) is 33.7 Å². The first-order valence-electron chi connectivity index (χ1n) is 26.9. The van der Waals surface area contributed by atoms with Crippen molar-refractivity contribution in [2.24, 2.45) is 0 Å². The molecule has 6 aromatic carbocycles. The number of rotatable bonds is 11. The van der Waals surface area contributed by atoms with Crippen molar-refractivity contribution in [3.63, 3.8) is 0 Å². The number of hydrogen-bond donors (Lipinski definition) is 0. The van der Waals surface area contributed by atoms with Gasteiger partial charge in [-0.25, -0.2) is 0 Å². The van der Waals surface area contributed by atoms with Crippen LogP contribution >= 0.6 is 24.5 Å². The zero-order chi connectivity index (χ0) is 55.4. The van der Waals surface area contributed by atoms with Gasteiger partial charge in [0.15, 0.2) is 0 Å². The summed E-state index contributed by atoms with van der Waals surface area (Å²) in [5, 5.41) is 3.61. The van der Waals surface area contributed by atoms with Crippen molar-refractivity contribution in [2.45, 2.75) is 209 Å². The van der Waals surface area contributed by atoms with Gasteiger partial charge in [0.25, 0.3) is 0 Å². The van der Waals surface area contributed by atoms with Gasteiger partial charge in [-0.15, -0.1) is 0 Å². The fraction of sp³-hybridized carbons (Fsp3) is 0.471. The lowest BCUT2D eigenvalue weighted by Crippen LogP contribution is -2.23. The van der Waals surface area contributed by atoms with Gasteiger partial charge in [0.05, 0.1) is 5.30 Å². The van der Waals surface area contributed by atoms with Crippen LogP contribution in [0.2, 0.25) is 0 Å². The molecule has 0 saturated heterocycles. The van der Waals surface area contributed by atoms with Gasteiger partial charge < -0.3 is 13.6 Å². The minimum Gasteiger partial charge on any atom is -0.465 e. The van der Waals surface area contributed by atoms with E-state index in [4.69, 9.17) is 13.6 Å². The Hall–Kier alpha value is -3.99. The van der Waals surface area contributed by atoms with Crippen LogP contribution in [-0.4, -0.2) is 0 Å². The second-order valence-electron chi connectivity index (χ2n) is 28.9. The van der Waals surface area contributed by atoms with Crippen molar-refractivity contribution in [1.82, 2.24) is 0 Å². The molecule has 0 aliphatic carbocycles. The van der Waals surface area contributed by atoms with Crippen LogP contribution in [0.1, 0.15) is 211 Å². The molecule has 398 valence electrons. The molecular formula is C68H93O3P3. The lowest BCUT2D eigenvalue weighted by atomic mass is 9.80. The minimum absolute atomic E-state index is 0.00185. The predicted molar refractivity (Wildman–Crippen MR) is 330 cm³/mol. The van der Waals surface area contributed by atoms with Crippen molar-refractivity contribution in [2.75, 3.05) is 0 Å². The molecule has 6 aromatic rings. The molecule has 74 heavy (non-hydrogen) atoms. The molecule has 0 spiro atoms. The third-order valence-electron chi connectivity index (χ3n) is 13.9. The normalized spacial score (nSPS) is 14.0. The molecule has 0 aliphatic rings. The molecule has 3 nitrogen and oxygen atoms in total. The second kappa shape index (κ2) is 21.4. The molecule has 0 N–H and O–H groups in total. The third kappa shape index (κ3) is 14.7. The number of benzene rings is 6. The van der Waals surface area contributed by atoms with Gasteiger partial charge >= 0.3 is 8.38 Å². The Kier molecular flexibility index (Phi) is 17.2. The quantitative estimate of drug-likeness (QED) is 0.121. The summed E-state index contributed by atoms with van der Waals surface area (Å²) in [5.41, 5.74) is 12.2. The molecule has 0 radical (unpaired) electrons. The van der Waals surface area contributed by atoms with Crippen LogP contribution in [0.5, 0.6) is 17.2 Å². The highest BCUT2D eigenvalue weighted by Crippen LogP contribution is 2.57. The maximum absolute atomic E-state index is 7.44. The smallest absolute Gasteiger partial charge is 0.326 e. The van der Waals surface area contributed by atoms with Crippen LogP contribution in [0.25, 0.3) is 11.1 Å². The molecule has 0 aromatic heterocycles. The van der Waals surface area contributed by atoms with Gasteiger partial charge in [0.1, 0.15) is 25.1 Å². The van der Waals surface area contributed by atoms with Gasteiger partial charge in [-0.1, -0.05) is 257 Å². The fourth-order valence-electron chi connectivity index (χ4n) is 8.93. The summed E-state index contributed by atoms with van der Waals surface area (Å²) >= 11 is 0. The molecular weight excluding hydrogens is 958 g/mol. The lowest BCUT2D eigenvalue weighted by molar-refractivity contribution is 0.466. The highest BCUT2D eigenvalue weighted by atomic mass is 32.1. The van der Waals surface area contributed by atoms with Crippen molar-refractivity contribution < 1.29 is 13.6 Å². The van der Waals surface area contributed by atoms with E-state index in [-0.39, 0.29) is 43.3 Å². The van der Waals surface area contributed by atoms with Crippen molar-refractivity contribution in [1.29, 1.82) is 0 Å². The van der Waals surface area contributed by atoms with Crippen LogP contribution in [0, 0.1) is 0 Å². The Morgan fingerprint density at radius 2 is 0.568 bits per heavy atom. The molecule has 6 heteroatoms. The van der Waals surface area contributed by atoms with Crippen molar-refractivity contribution in [3.05, 3.63) is 166 Å². The van der Waals surface area contributed by atoms with E-state index in [1.165, 1.54) is 55.1 Å². The molecule has 0 aliphatic heterocycles. The summed E-state index contributed by atoms with van der Waals surface area (Å²) in [6.45, 7) is 55.0. The summed E-state index contributed by atoms with van der Waals surface area (Å²) in [5.74, 6) is 2.70. The standard InChI is InChI=1S/C68H93O3P3/c1-61(2,3)47-29-37-57(53(41-47)65(13,14)15)69-73(70-58-38-30-48(62(4,5)6)42-54(58)66(16,17)18)51-33-25-45(26-34-51)46-27-35-52(36-28-46)74(71-59-39-31-49(63(7,8)9)43-55(59)67(19,20)21)72-60-40-32-50(64(10,11)12)44-56(60)68(22,23)24/h25-44,72H,1-24H3. The van der Waals surface area contributed by atoms with Crippen LogP contribution in [0.3, 0.4) is 0 Å². The van der Waals surface area contributed by atoms with Crippen LogP contribution in [0.15, 0.2) is 121 Å². The van der Waals surface area contributed by atoms with Crippen LogP contribution in [0.4, 0.5) is 0 Å². The van der Waals surface area contributed by atoms with Gasteiger partial charge in [0, 0.05) is 22.0 Å². The summed E-state index contributed by atoms with van der Waals surface area (Å²) in [6, 6.07) is 45.6. The molecule has 6 rings (SSSR count). The molecule has 0 bridgehead atoms. The number of hydrogen-bond acceptors (Lipinski definition) is 3. The van der Waals surface area contributed by atoms with Gasteiger partial charge in [0.2, 0.25) is 0 Å². The maximum Gasteiger partial charge on any atom is 0.326 e. The van der Waals surface area contributed by atoms with Crippen molar-refractivity contribution in [3.8, 4) is 28.4 Å². The van der Waals surface area contributed by atoms with E-state index in [1.54, 1.807) is 0 Å². The SMILES string of the molecule is CC(C)(C)c1ccc(OP(Oc2ccc(C(C)(C)C)cc2C(C)(C)C)c2ccc(-c3ccc(P(Oc4ccc(C(C)(C)C)cc4C(C)(C)C)Pc4ccc(C(C)(C)C)cc4C(C)(C)C)cc3)cc2)c(C(C)(C)C)c1. The average molecular weight is 1050 g/mol. The Morgan fingerprint density at radius 1 is 0.284 bits per heavy atom. The Morgan fingerprint density at radius 3 is 0.878 bits per heavy atom. The maximum atomic E-state index is 7.44. The highest BCUT2D eigenvalue weighted by Gasteiger charge is 2.32. The highest BCUT2D eigenvalue weighted by molar-refractivity contribution is 8.25. The second-order valence-corrected chi connectivity index (χ2v) is 34.3. The van der Waals surface area contributed by atoms with Crippen LogP contribution in [-0.2, 0) is 43.3 Å². The van der Waals surface area contributed by atoms with Gasteiger partial charge in [-0.05, 0) is 126 Å². The van der Waals surface area contributed by atoms with Gasteiger partial charge in [-0.3, -0.25) is 0 Å². The first kappa shape index (κ1) is 59.3. The summed E-state index contributed by atoms with van der Waals surface area (Å²) in [7, 11) is -2.25. The minimum atomic E-state index is -1.61. The van der Waals surface area contributed by atoms with E-state index in [1.807, 2.05) is 0 Å². The average Bonchev–Trinajstić information content (AvgIpc) is 3.26. The third-order valence-corrected chi connectivity index (χ3v) is 19.8. The Bertz CT molecular complexity index is 2530. The zero-order valence-electron chi connectivity index (χ0n) is 50.2. The van der Waals surface area contributed by atoms with E-state index < -0.39 is 16.2 Å². The molecule has 0 fully saturated rings. The topological polar surface area (TPSA) is 27.7 Å². The Labute approximate surface area is 455 Å². The largest absolute Gasteiger partial charge is 0.465 e. The monoisotopic (exact) mass is 1050 g/mol. The zero-order valence-corrected chi connectivity index (χ0v) is 53.0. The lowest BCUT2D eigenvalue weighted by Gasteiger charge is -2.31. The Balaban J connectivity index is 1.43. The molecule has 0 saturated carbocycles. The van der Waals surface area contributed by atoms with E-state index >= 15 is 0 Å². The van der Waals surface area contributed by atoms with Crippen molar-refractivity contribution >= 4 is 40.4 Å². The first-order chi connectivity index (χ1) is 33.7. The summed E-state index contributed by atoms with van der Waals surface area (Å²) in [4.78, 5) is 0. The molecule has 2 unspecified atom stereocenters. The molecule has 0 amide bonds. The van der Waals surface area contributed by atoms with Crippen LogP contribution < -0.4 is 29.5 Å². The summed E-state index contributed by atoms with van der Waals surface area (Å²) in [6.07, 6.45) is 0. The molecule has 0 heterocycles. The van der Waals surface area contributed by atoms with E-state index in [9.17, 15) is 0 Å². The van der Waals surface area contributed by atoms with Gasteiger partial charge in [-0.2, -0.15) is 0 Å². The van der Waals surface area contributed by atoms with E-state index in [2.05, 4.69) is 287 Å². The fourth-order valence-corrected chi connectivity index (χ4v) is 14.8. The molecule has 2 atom stereocenters. The first-order valence-corrected chi connectivity index (χ1v) is 31.2.